The highest BCUT2D eigenvalue weighted by atomic mass is 19.1. The lowest BCUT2D eigenvalue weighted by molar-refractivity contribution is 0.104. The number of halogens is 1. The number of nitriles is 5. The molecule has 672 valence electrons. The number of fused-ring (bicyclic) bond motifs is 15. The number of piperidine rings is 4. The van der Waals surface area contributed by atoms with Crippen LogP contribution in [0, 0.1) is 69.4 Å². The molecule has 0 spiro atoms. The van der Waals surface area contributed by atoms with E-state index in [4.69, 9.17) is 14.2 Å². The van der Waals surface area contributed by atoms with E-state index in [1.807, 2.05) is 48.7 Å². The van der Waals surface area contributed by atoms with E-state index in [0.717, 1.165) is 300 Å². The van der Waals surface area contributed by atoms with Gasteiger partial charge in [-0.15, -0.1) is 0 Å². The van der Waals surface area contributed by atoms with E-state index < -0.39 is 0 Å². The van der Waals surface area contributed by atoms with Gasteiger partial charge >= 0.3 is 0 Å². The Morgan fingerprint density at radius 2 is 0.669 bits per heavy atom. The number of likely N-dealkylation sites (tertiary alicyclic amines) is 4. The van der Waals surface area contributed by atoms with Gasteiger partial charge in [0.15, 0.2) is 45.7 Å². The third-order valence-electron chi connectivity index (χ3n) is 26.5. The molecular formula is C102H104FN27O3. The summed E-state index contributed by atoms with van der Waals surface area (Å²) < 4.78 is 32.5. The number of pyridine rings is 10. The van der Waals surface area contributed by atoms with Crippen LogP contribution in [0.2, 0.25) is 0 Å². The summed E-state index contributed by atoms with van der Waals surface area (Å²) in [6, 6.07) is 42.1. The lowest BCUT2D eigenvalue weighted by atomic mass is 10.0. The Bertz CT molecular complexity index is 6940. The highest BCUT2D eigenvalue weighted by Gasteiger charge is 2.31. The first-order chi connectivity index (χ1) is 65.2. The lowest BCUT2D eigenvalue weighted by Crippen LogP contribution is -2.46. The number of aromatic amines is 5. The van der Waals surface area contributed by atoms with E-state index in [-0.39, 0.29) is 29.8 Å². The Labute approximate surface area is 768 Å². The molecule has 133 heavy (non-hydrogen) atoms. The van der Waals surface area contributed by atoms with E-state index in [9.17, 15) is 30.7 Å². The second kappa shape index (κ2) is 40.2. The van der Waals surface area contributed by atoms with Gasteiger partial charge in [-0.25, -0.2) is 54.2 Å². The van der Waals surface area contributed by atoms with Crippen molar-refractivity contribution in [1.82, 2.24) is 99.3 Å². The number of anilines is 2. The normalized spacial score (nSPS) is 15.9. The first-order valence-electron chi connectivity index (χ1n) is 46.1. The first-order valence-corrected chi connectivity index (χ1v) is 46.1. The number of H-pyrrole nitrogens is 5. The Hall–Kier alpha value is -14.9. The highest BCUT2D eigenvalue weighted by molar-refractivity contribution is 6.16. The topological polar surface area (TPSA) is 386 Å². The summed E-state index contributed by atoms with van der Waals surface area (Å²) in [5.74, 6) is 1.40. The summed E-state index contributed by atoms with van der Waals surface area (Å²) in [4.78, 5) is 74.8. The number of benzene rings is 2. The van der Waals surface area contributed by atoms with Crippen molar-refractivity contribution in [3.05, 3.63) is 199 Å². The molecule has 0 unspecified atom stereocenters. The summed E-state index contributed by atoms with van der Waals surface area (Å²) in [6.45, 7) is 30.4. The summed E-state index contributed by atoms with van der Waals surface area (Å²) in [6.07, 6.45) is 25.5. The van der Waals surface area contributed by atoms with Gasteiger partial charge in [0.25, 0.3) is 0 Å². The largest absolute Gasteiger partial charge is 0.487 e. The maximum Gasteiger partial charge on any atom is 0.183 e. The van der Waals surface area contributed by atoms with Gasteiger partial charge in [-0.3, -0.25) is 0 Å². The average molecular weight is 1780 g/mol. The molecule has 0 aliphatic carbocycles. The maximum absolute atomic E-state index is 13.3. The molecule has 20 heterocycles. The second-order valence-corrected chi connectivity index (χ2v) is 34.2. The minimum atomic E-state index is -0.278. The van der Waals surface area contributed by atoms with Gasteiger partial charge in [0, 0.05) is 164 Å². The number of aromatic nitrogens is 15. The third kappa shape index (κ3) is 18.8. The molecule has 0 radical (unpaired) electrons. The highest BCUT2D eigenvalue weighted by Crippen LogP contribution is 2.43. The van der Waals surface area contributed by atoms with Crippen LogP contribution in [0.5, 0.6) is 17.2 Å². The van der Waals surface area contributed by atoms with Crippen molar-refractivity contribution in [1.29, 1.82) is 26.3 Å². The quantitative estimate of drug-likeness (QED) is 0.0523. The number of ether oxygens (including phenoxy) is 3. The van der Waals surface area contributed by atoms with Gasteiger partial charge in [0.05, 0.1) is 86.1 Å². The summed E-state index contributed by atoms with van der Waals surface area (Å²) in [7, 11) is 0. The van der Waals surface area contributed by atoms with Gasteiger partial charge in [-0.2, -0.15) is 26.3 Å². The number of nitrogens with one attached hydrogen (secondary N) is 6. The number of aryl methyl sites for hydroxylation is 1. The van der Waals surface area contributed by atoms with Crippen LogP contribution >= 0.6 is 0 Å². The molecule has 30 nitrogen and oxygen atoms in total. The molecule has 0 bridgehead atoms. The number of likely N-dealkylation sites (N-methyl/N-ethyl adjacent to an activating group) is 1. The van der Waals surface area contributed by atoms with Gasteiger partial charge in [-0.05, 0) is 163 Å². The van der Waals surface area contributed by atoms with Gasteiger partial charge in [0.2, 0.25) is 0 Å². The van der Waals surface area contributed by atoms with Crippen molar-refractivity contribution in [3.8, 4) is 69.8 Å². The number of hydrogen-bond donors (Lipinski definition) is 6. The number of hydrogen-bond acceptors (Lipinski definition) is 25. The molecule has 0 saturated carbocycles. The zero-order valence-corrected chi connectivity index (χ0v) is 75.5. The van der Waals surface area contributed by atoms with Gasteiger partial charge in [0.1, 0.15) is 82.7 Å². The monoisotopic (exact) mass is 1770 g/mol. The van der Waals surface area contributed by atoms with Crippen LogP contribution in [0.4, 0.5) is 15.8 Å². The Morgan fingerprint density at radius 3 is 1.06 bits per heavy atom. The van der Waals surface area contributed by atoms with Crippen LogP contribution in [0.1, 0.15) is 120 Å². The van der Waals surface area contributed by atoms with Gasteiger partial charge in [-0.1, -0.05) is 76.6 Å². The molecule has 17 aromatic rings. The van der Waals surface area contributed by atoms with E-state index in [0.29, 0.717) is 51.7 Å². The fraction of sp³-hybridized carbons (Fsp3) is 0.343. The minimum absolute atomic E-state index is 0.0421. The molecule has 15 aromatic heterocycles. The fourth-order valence-electron chi connectivity index (χ4n) is 18.9. The number of piperazine rings is 1. The zero-order chi connectivity index (χ0) is 91.6. The third-order valence-corrected chi connectivity index (χ3v) is 26.5. The molecule has 2 aromatic carbocycles. The Morgan fingerprint density at radius 1 is 0.346 bits per heavy atom. The predicted molar refractivity (Wildman–Crippen MR) is 516 cm³/mol. The molecular weight excluding hydrogens is 1670 g/mol. The first kappa shape index (κ1) is 88.7. The molecule has 22 rings (SSSR count). The minimum Gasteiger partial charge on any atom is -0.487 e. The number of rotatable bonds is 16. The van der Waals surface area contributed by atoms with Crippen LogP contribution in [0.3, 0.4) is 0 Å². The van der Waals surface area contributed by atoms with Crippen molar-refractivity contribution < 1.29 is 18.6 Å². The van der Waals surface area contributed by atoms with Crippen LogP contribution in [-0.2, 0) is 0 Å². The average Bonchev–Trinajstić information content (AvgIpc) is 1.61. The van der Waals surface area contributed by atoms with E-state index in [1.165, 1.54) is 17.7 Å². The van der Waals surface area contributed by atoms with E-state index in [1.54, 1.807) is 67.9 Å². The van der Waals surface area contributed by atoms with Crippen molar-refractivity contribution in [3.63, 3.8) is 0 Å². The fourth-order valence-corrected chi connectivity index (χ4v) is 18.9. The molecule has 0 amide bonds. The SMILES string of the molecule is CCN1CCC(Nc2c(C#N)ncc3[nH]c4ncccc4c23)CC1.CCN1CCC(Oc2c(C#N)ncc3[nH]c4ncc(-c5ccc(C)cc5)cc4c23)CC1.CCN1CCC(Oc2c(C#N)ncc3[nH]c4ncc(-c5ccc(F)cc5)cc4c23)CC1.CCN1CCC(Oc2c(C#N)ncc3[nH]c4ncccc4c23)CC1.CCN1CCN(c2c(C#N)ncc3[nH]c4ncccc4c23)CC1. The van der Waals surface area contributed by atoms with Crippen LogP contribution < -0.4 is 24.4 Å². The standard InChI is InChI=1S/C25H25N5O.C24H22FN5O.C18H20N6.C18H19N5O.C17H18N6/c1-3-30-10-8-19(9-11-30)31-24-21(13-26)27-15-22-23(24)20-12-18(14-28-25(20)29-22)17-6-4-16(2)5-7-17;1-2-30-9-7-18(8-10-30)31-23-20(12-26)27-14-21-22(23)19-11-16(13-28-24(19)29-21)15-3-5-17(25)6-4-15;1-2-24-8-5-12(6-9-24)22-17-14(10-19)21-11-15-16(17)13-4-3-7-20-18(13)23-15;1-2-23-8-5-12(6-9-23)24-17-14(10-19)21-11-15-16(17)13-4-3-7-20-18(13)22-15;1-2-22-6-8-23(9-7-22)16-13(10-18)20-11-14-15(16)12-4-3-5-19-17(12)21-14/h4-7,12,14-15,19H,3,8-11H2,1-2H3,(H,28,29);3-6,11,13-14,18H,2,7-10H2,1H3,(H,28,29);3-4,7,11-12,22H,2,5-6,8-9H2,1H3,(H,20,23);3-4,7,11-12H,2,5-6,8-9H2,1H3,(H,20,22);3-5,11H,2,6-9H2,1H3,(H,19,21). The molecule has 6 N–H and O–H groups in total. The summed E-state index contributed by atoms with van der Waals surface area (Å²) >= 11 is 0. The molecule has 5 aliphatic rings. The molecule has 5 fully saturated rings. The zero-order valence-electron chi connectivity index (χ0n) is 75.5. The Balaban J connectivity index is 0.000000112. The van der Waals surface area contributed by atoms with Crippen molar-refractivity contribution in [2.24, 2.45) is 0 Å². The van der Waals surface area contributed by atoms with E-state index >= 15 is 0 Å². The lowest BCUT2D eigenvalue weighted by Gasteiger charge is -2.36. The Kier molecular flexibility index (Phi) is 26.8. The number of nitrogens with zero attached hydrogens (tertiary/aromatic N) is 21. The molecule has 0 atom stereocenters. The van der Waals surface area contributed by atoms with Crippen LogP contribution in [0.15, 0.2) is 159 Å². The molecule has 5 aliphatic heterocycles. The maximum atomic E-state index is 13.3. The smallest absolute Gasteiger partial charge is 0.183 e. The van der Waals surface area contributed by atoms with Crippen molar-refractivity contribution >= 4 is 121 Å². The van der Waals surface area contributed by atoms with Crippen molar-refractivity contribution in [2.75, 3.05) is 121 Å². The molecule has 5 saturated heterocycles. The molecule has 31 heteroatoms. The summed E-state index contributed by atoms with van der Waals surface area (Å²) in [5.41, 5.74) is 17.0. The van der Waals surface area contributed by atoms with Crippen LogP contribution in [-0.4, -0.2) is 235 Å². The summed E-state index contributed by atoms with van der Waals surface area (Å²) in [5, 5.41) is 61.1. The predicted octanol–water partition coefficient (Wildman–Crippen LogP) is 17.3. The van der Waals surface area contributed by atoms with Crippen LogP contribution in [0.25, 0.3) is 132 Å². The van der Waals surface area contributed by atoms with E-state index in [2.05, 4.69) is 212 Å². The van der Waals surface area contributed by atoms with Crippen molar-refractivity contribution in [2.45, 2.75) is 117 Å². The van der Waals surface area contributed by atoms with Gasteiger partial charge < -0.3 is 73.8 Å². The second-order valence-electron chi connectivity index (χ2n) is 34.2.